The van der Waals surface area contributed by atoms with E-state index in [0.29, 0.717) is 24.7 Å². The van der Waals surface area contributed by atoms with Crippen LogP contribution in [0.5, 0.6) is 11.6 Å². The van der Waals surface area contributed by atoms with Gasteiger partial charge in [0.2, 0.25) is 5.88 Å². The number of rotatable bonds is 7. The maximum atomic E-state index is 12.3. The van der Waals surface area contributed by atoms with Crippen molar-refractivity contribution in [2.45, 2.75) is 13.8 Å². The first kappa shape index (κ1) is 18.7. The number of methoxy groups -OCH3 is 1. The third-order valence-corrected chi connectivity index (χ3v) is 4.61. The van der Waals surface area contributed by atoms with Gasteiger partial charge in [-0.1, -0.05) is 30.3 Å². The van der Waals surface area contributed by atoms with Crippen molar-refractivity contribution < 1.29 is 14.3 Å². The van der Waals surface area contributed by atoms with Crippen LogP contribution in [0.15, 0.2) is 54.7 Å². The molecule has 3 aromatic rings. The Morgan fingerprint density at radius 3 is 2.48 bits per heavy atom. The summed E-state index contributed by atoms with van der Waals surface area (Å²) in [5.41, 5.74) is 2.08. The van der Waals surface area contributed by atoms with Gasteiger partial charge >= 0.3 is 0 Å². The molecule has 0 aliphatic carbocycles. The number of carbonyl (C=O) groups is 1. The average molecular weight is 364 g/mol. The molecule has 1 aromatic heterocycles. The van der Waals surface area contributed by atoms with E-state index in [4.69, 9.17) is 9.47 Å². The van der Waals surface area contributed by atoms with E-state index in [1.165, 1.54) is 0 Å². The first-order valence-corrected chi connectivity index (χ1v) is 9.10. The zero-order valence-electron chi connectivity index (χ0n) is 15.9. The molecule has 5 nitrogen and oxygen atoms in total. The number of pyridine rings is 1. The van der Waals surface area contributed by atoms with E-state index >= 15 is 0 Å². The predicted molar refractivity (Wildman–Crippen MR) is 107 cm³/mol. The summed E-state index contributed by atoms with van der Waals surface area (Å²) in [5.74, 6) is 1.27. The monoisotopic (exact) mass is 364 g/mol. The van der Waals surface area contributed by atoms with Crippen molar-refractivity contribution >= 4 is 16.7 Å². The van der Waals surface area contributed by atoms with E-state index < -0.39 is 0 Å². The van der Waals surface area contributed by atoms with Crippen LogP contribution in [0.3, 0.4) is 0 Å². The molecule has 0 aliphatic heterocycles. The minimum atomic E-state index is -0.00738. The summed E-state index contributed by atoms with van der Waals surface area (Å²) in [7, 11) is 1.61. The van der Waals surface area contributed by atoms with Crippen molar-refractivity contribution in [3.63, 3.8) is 0 Å². The lowest BCUT2D eigenvalue weighted by Gasteiger charge is -2.19. The van der Waals surface area contributed by atoms with Gasteiger partial charge < -0.3 is 14.4 Å². The van der Waals surface area contributed by atoms with Crippen molar-refractivity contribution in [3.8, 4) is 22.8 Å². The van der Waals surface area contributed by atoms with Crippen LogP contribution in [-0.4, -0.2) is 42.6 Å². The first-order valence-electron chi connectivity index (χ1n) is 9.10. The van der Waals surface area contributed by atoms with Crippen LogP contribution in [0.2, 0.25) is 0 Å². The van der Waals surface area contributed by atoms with Gasteiger partial charge in [0.1, 0.15) is 5.75 Å². The number of hydrogen-bond donors (Lipinski definition) is 0. The lowest BCUT2D eigenvalue weighted by atomic mass is 9.98. The third-order valence-electron chi connectivity index (χ3n) is 4.61. The maximum Gasteiger partial charge on any atom is 0.260 e. The van der Waals surface area contributed by atoms with E-state index in [-0.39, 0.29) is 12.5 Å². The quantitative estimate of drug-likeness (QED) is 0.632. The smallest absolute Gasteiger partial charge is 0.260 e. The zero-order valence-corrected chi connectivity index (χ0v) is 15.9. The number of amides is 1. The molecule has 3 rings (SSSR count). The van der Waals surface area contributed by atoms with Gasteiger partial charge in [-0.2, -0.15) is 0 Å². The number of carbonyl (C=O) groups excluding carboxylic acids is 1. The molecule has 0 aliphatic rings. The normalized spacial score (nSPS) is 10.6. The standard InChI is InChI=1S/C22H24N2O3/c1-4-24(5-2)22(25)15-27-20-11-10-17(18-8-6-7-9-19(18)20)16-12-13-23-21(14-16)26-3/h6-14H,4-5,15H2,1-3H3. The molecule has 0 saturated heterocycles. The molecule has 0 atom stereocenters. The lowest BCUT2D eigenvalue weighted by Crippen LogP contribution is -2.34. The Balaban J connectivity index is 1.95. The Morgan fingerprint density at radius 1 is 1.04 bits per heavy atom. The highest BCUT2D eigenvalue weighted by molar-refractivity contribution is 6.00. The molecular formula is C22H24N2O3. The van der Waals surface area contributed by atoms with E-state index in [1.54, 1.807) is 18.2 Å². The number of benzene rings is 2. The minimum absolute atomic E-state index is 0.00738. The number of ether oxygens (including phenoxy) is 2. The highest BCUT2D eigenvalue weighted by Gasteiger charge is 2.13. The van der Waals surface area contributed by atoms with Crippen molar-refractivity contribution in [1.29, 1.82) is 0 Å². The van der Waals surface area contributed by atoms with Crippen LogP contribution in [-0.2, 0) is 4.79 Å². The number of hydrogen-bond acceptors (Lipinski definition) is 4. The third kappa shape index (κ3) is 4.03. The van der Waals surface area contributed by atoms with Gasteiger partial charge in [0, 0.05) is 30.7 Å². The molecule has 1 amide bonds. The van der Waals surface area contributed by atoms with Gasteiger partial charge in [0.25, 0.3) is 5.91 Å². The summed E-state index contributed by atoms with van der Waals surface area (Å²) in [6.45, 7) is 5.34. The van der Waals surface area contributed by atoms with Gasteiger partial charge in [-0.15, -0.1) is 0 Å². The van der Waals surface area contributed by atoms with E-state index in [1.807, 2.05) is 56.3 Å². The Kier molecular flexibility index (Phi) is 5.91. The van der Waals surface area contributed by atoms with Crippen LogP contribution in [0.1, 0.15) is 13.8 Å². The summed E-state index contributed by atoms with van der Waals surface area (Å²) in [4.78, 5) is 18.2. The van der Waals surface area contributed by atoms with E-state index in [0.717, 1.165) is 21.9 Å². The molecule has 1 heterocycles. The zero-order chi connectivity index (χ0) is 19.2. The Labute approximate surface area is 159 Å². The highest BCUT2D eigenvalue weighted by atomic mass is 16.5. The topological polar surface area (TPSA) is 51.7 Å². The summed E-state index contributed by atoms with van der Waals surface area (Å²) < 4.78 is 11.1. The van der Waals surface area contributed by atoms with Gasteiger partial charge in [0.15, 0.2) is 6.61 Å². The summed E-state index contributed by atoms with van der Waals surface area (Å²) in [5, 5.41) is 2.02. The summed E-state index contributed by atoms with van der Waals surface area (Å²) in [6.07, 6.45) is 1.73. The second kappa shape index (κ2) is 8.54. The molecule has 0 radical (unpaired) electrons. The fraction of sp³-hybridized carbons (Fsp3) is 0.273. The predicted octanol–water partition coefficient (Wildman–Crippen LogP) is 4.16. The molecule has 0 unspecified atom stereocenters. The molecule has 0 bridgehead atoms. The van der Waals surface area contributed by atoms with Crippen LogP contribution in [0, 0.1) is 0 Å². The van der Waals surface area contributed by atoms with Crippen molar-refractivity contribution in [2.24, 2.45) is 0 Å². The Hall–Kier alpha value is -3.08. The van der Waals surface area contributed by atoms with Gasteiger partial charge in [-0.05, 0) is 42.5 Å². The molecular weight excluding hydrogens is 340 g/mol. The van der Waals surface area contributed by atoms with Gasteiger partial charge in [-0.3, -0.25) is 4.79 Å². The fourth-order valence-corrected chi connectivity index (χ4v) is 3.14. The number of nitrogens with zero attached hydrogens (tertiary/aromatic N) is 2. The van der Waals surface area contributed by atoms with E-state index in [9.17, 15) is 4.79 Å². The average Bonchev–Trinajstić information content (AvgIpc) is 2.72. The van der Waals surface area contributed by atoms with Crippen LogP contribution in [0.4, 0.5) is 0 Å². The second-order valence-corrected chi connectivity index (χ2v) is 6.10. The Bertz CT molecular complexity index is 936. The molecule has 0 fully saturated rings. The largest absolute Gasteiger partial charge is 0.483 e. The molecule has 5 heteroatoms. The highest BCUT2D eigenvalue weighted by Crippen LogP contribution is 2.35. The van der Waals surface area contributed by atoms with E-state index in [2.05, 4.69) is 11.1 Å². The van der Waals surface area contributed by atoms with Crippen molar-refractivity contribution in [3.05, 3.63) is 54.7 Å². The molecule has 27 heavy (non-hydrogen) atoms. The number of aromatic nitrogens is 1. The van der Waals surface area contributed by atoms with Gasteiger partial charge in [-0.25, -0.2) is 4.98 Å². The fourth-order valence-electron chi connectivity index (χ4n) is 3.14. The second-order valence-electron chi connectivity index (χ2n) is 6.10. The van der Waals surface area contributed by atoms with Crippen molar-refractivity contribution in [1.82, 2.24) is 9.88 Å². The SMILES string of the molecule is CCN(CC)C(=O)COc1ccc(-c2ccnc(OC)c2)c2ccccc12. The molecule has 140 valence electrons. The minimum Gasteiger partial charge on any atom is -0.483 e. The molecule has 0 spiro atoms. The molecule has 0 N–H and O–H groups in total. The van der Waals surface area contributed by atoms with Crippen LogP contribution >= 0.6 is 0 Å². The number of fused-ring (bicyclic) bond motifs is 1. The van der Waals surface area contributed by atoms with Crippen LogP contribution < -0.4 is 9.47 Å². The Morgan fingerprint density at radius 2 is 1.78 bits per heavy atom. The van der Waals surface area contributed by atoms with Crippen molar-refractivity contribution in [2.75, 3.05) is 26.8 Å². The lowest BCUT2D eigenvalue weighted by molar-refractivity contribution is -0.132. The van der Waals surface area contributed by atoms with Crippen LogP contribution in [0.25, 0.3) is 21.9 Å². The van der Waals surface area contributed by atoms with Gasteiger partial charge in [0.05, 0.1) is 7.11 Å². The molecule has 2 aromatic carbocycles. The summed E-state index contributed by atoms with van der Waals surface area (Å²) >= 11 is 0. The summed E-state index contributed by atoms with van der Waals surface area (Å²) in [6, 6.07) is 15.8. The number of likely N-dealkylation sites (N-methyl/N-ethyl adjacent to an activating group) is 1. The first-order chi connectivity index (χ1) is 13.2. The molecule has 0 saturated carbocycles. The maximum absolute atomic E-state index is 12.3.